The van der Waals surface area contributed by atoms with Gasteiger partial charge in [0.05, 0.1) is 13.7 Å². The Morgan fingerprint density at radius 1 is 1.28 bits per heavy atom. The predicted octanol–water partition coefficient (Wildman–Crippen LogP) is 3.04. The van der Waals surface area contributed by atoms with Gasteiger partial charge in [-0.2, -0.15) is 0 Å². The zero-order valence-electron chi connectivity index (χ0n) is 17.1. The molecule has 1 aliphatic rings. The number of carbonyl (C=O) groups excluding carboxylic acids is 1. The quantitative estimate of drug-likeness (QED) is 0.370. The van der Waals surface area contributed by atoms with Gasteiger partial charge in [0.2, 0.25) is 0 Å². The minimum Gasteiger partial charge on any atom is -0.497 e. The number of benzene rings is 2. The Balaban J connectivity index is 1.75. The zero-order valence-corrected chi connectivity index (χ0v) is 18.7. The van der Waals surface area contributed by atoms with Crippen LogP contribution in [0.1, 0.15) is 17.0 Å². The van der Waals surface area contributed by atoms with Gasteiger partial charge in [0.15, 0.2) is 5.84 Å². The number of methoxy groups -OCH3 is 1. The second kappa shape index (κ2) is 11.1. The fourth-order valence-corrected chi connectivity index (χ4v) is 3.66. The fraction of sp³-hybridized carbons (Fsp3) is 0.333. The van der Waals surface area contributed by atoms with Gasteiger partial charge in [-0.1, -0.05) is 33.2 Å². The van der Waals surface area contributed by atoms with Crippen LogP contribution in [0.5, 0.6) is 5.75 Å². The number of halogens is 3. The van der Waals surface area contributed by atoms with Gasteiger partial charge < -0.3 is 30.1 Å². The first kappa shape index (κ1) is 23.7. The Morgan fingerprint density at radius 2 is 1.97 bits per heavy atom. The number of oxime groups is 1. The summed E-state index contributed by atoms with van der Waals surface area (Å²) in [6.07, 6.45) is -0.799. The van der Waals surface area contributed by atoms with E-state index in [1.54, 1.807) is 31.4 Å². The molecule has 0 saturated carbocycles. The Kier molecular flexibility index (Phi) is 8.23. The summed E-state index contributed by atoms with van der Waals surface area (Å²) in [6, 6.07) is 8.31. The maximum absolute atomic E-state index is 14.6. The molecule has 0 aromatic heterocycles. The van der Waals surface area contributed by atoms with Crippen molar-refractivity contribution < 1.29 is 33.0 Å². The van der Waals surface area contributed by atoms with Crippen LogP contribution in [0.4, 0.5) is 13.6 Å². The first-order chi connectivity index (χ1) is 15.4. The highest BCUT2D eigenvalue weighted by molar-refractivity contribution is 9.10. The number of nitrogens with zero attached hydrogens (tertiary/aromatic N) is 1. The minimum atomic E-state index is -0.942. The normalized spacial score (nSPS) is 18.8. The lowest BCUT2D eigenvalue weighted by Gasteiger charge is -2.21. The molecule has 2 atom stereocenters. The lowest BCUT2D eigenvalue weighted by Crippen LogP contribution is -2.43. The molecule has 1 fully saturated rings. The molecule has 0 unspecified atom stereocenters. The average Bonchev–Trinajstić information content (AvgIpc) is 3.14. The van der Waals surface area contributed by atoms with Gasteiger partial charge in [-0.15, -0.1) is 0 Å². The van der Waals surface area contributed by atoms with E-state index < -0.39 is 29.7 Å². The topological polar surface area (TPSA) is 101 Å². The minimum absolute atomic E-state index is 0.0187. The van der Waals surface area contributed by atoms with Crippen molar-refractivity contribution in [1.29, 1.82) is 0 Å². The summed E-state index contributed by atoms with van der Waals surface area (Å²) in [5, 5.41) is 18.2. The van der Waals surface area contributed by atoms with Crippen molar-refractivity contribution in [2.45, 2.75) is 18.6 Å². The maximum Gasteiger partial charge on any atom is 0.408 e. The van der Waals surface area contributed by atoms with E-state index in [4.69, 9.17) is 19.4 Å². The Hall–Kier alpha value is -2.92. The van der Waals surface area contributed by atoms with Crippen molar-refractivity contribution in [3.63, 3.8) is 0 Å². The van der Waals surface area contributed by atoms with Crippen LogP contribution in [0.15, 0.2) is 46.0 Å². The molecule has 0 aliphatic carbocycles. The molecule has 1 amide bonds. The number of hydrogen-bond donors (Lipinski definition) is 3. The maximum atomic E-state index is 14.6. The van der Waals surface area contributed by atoms with Gasteiger partial charge in [-0.05, 0) is 29.8 Å². The summed E-state index contributed by atoms with van der Waals surface area (Å²) in [5.41, 5.74) is 0.528. The van der Waals surface area contributed by atoms with Crippen molar-refractivity contribution in [2.75, 3.05) is 26.9 Å². The second-order valence-corrected chi connectivity index (χ2v) is 7.77. The average molecular weight is 514 g/mol. The van der Waals surface area contributed by atoms with Gasteiger partial charge in [0.1, 0.15) is 36.6 Å². The summed E-state index contributed by atoms with van der Waals surface area (Å²) in [5.74, 6) is -1.51. The zero-order chi connectivity index (χ0) is 23.1. The number of nitrogens with one attached hydrogen (secondary N) is 2. The van der Waals surface area contributed by atoms with Gasteiger partial charge in [0, 0.05) is 22.5 Å². The van der Waals surface area contributed by atoms with E-state index in [1.165, 1.54) is 0 Å². The number of aliphatic hydroxyl groups excluding tert-OH is 1. The van der Waals surface area contributed by atoms with Crippen LogP contribution in [0, 0.1) is 11.6 Å². The third kappa shape index (κ3) is 5.86. The summed E-state index contributed by atoms with van der Waals surface area (Å²) in [7, 11) is 1.55. The number of ether oxygens (including phenoxy) is 2. The van der Waals surface area contributed by atoms with Crippen LogP contribution < -0.4 is 15.4 Å². The molecule has 0 spiro atoms. The number of amides is 1. The second-order valence-electron chi connectivity index (χ2n) is 6.85. The summed E-state index contributed by atoms with van der Waals surface area (Å²) < 4.78 is 39.8. The Labute approximate surface area is 191 Å². The number of amidine groups is 1. The van der Waals surface area contributed by atoms with Gasteiger partial charge in [-0.3, -0.25) is 0 Å². The highest BCUT2D eigenvalue weighted by atomic mass is 79.9. The molecule has 1 saturated heterocycles. The number of hydrogen-bond acceptors (Lipinski definition) is 6. The standard InChI is InChI=1S/C21H22BrF2N3O5/c1-30-14-4-2-12(3-5-14)11-31-21(29)26-19-15(10-25-20(19)27-32-7-6-28)18-16(23)8-13(22)9-17(18)24/h2-5,8-9,15,19,28H,6-7,10-11H2,1H3,(H,25,27)(H,26,29)/t15-,19-/m0/s1. The molecule has 0 bridgehead atoms. The predicted molar refractivity (Wildman–Crippen MR) is 115 cm³/mol. The monoisotopic (exact) mass is 513 g/mol. The van der Waals surface area contributed by atoms with Gasteiger partial charge in [0.25, 0.3) is 0 Å². The van der Waals surface area contributed by atoms with E-state index in [0.717, 1.165) is 17.7 Å². The highest BCUT2D eigenvalue weighted by Crippen LogP contribution is 2.31. The molecule has 11 heteroatoms. The van der Waals surface area contributed by atoms with Crippen molar-refractivity contribution in [2.24, 2.45) is 5.16 Å². The van der Waals surface area contributed by atoms with Crippen molar-refractivity contribution in [1.82, 2.24) is 10.6 Å². The van der Waals surface area contributed by atoms with E-state index in [0.29, 0.717) is 5.75 Å². The van der Waals surface area contributed by atoms with Crippen LogP contribution in [0.3, 0.4) is 0 Å². The van der Waals surface area contributed by atoms with E-state index in [2.05, 4.69) is 31.7 Å². The Morgan fingerprint density at radius 3 is 2.59 bits per heavy atom. The van der Waals surface area contributed by atoms with Crippen LogP contribution in [0.2, 0.25) is 0 Å². The van der Waals surface area contributed by atoms with Crippen molar-refractivity contribution >= 4 is 27.9 Å². The van der Waals surface area contributed by atoms with E-state index in [9.17, 15) is 13.6 Å². The van der Waals surface area contributed by atoms with Crippen LogP contribution in [0.25, 0.3) is 0 Å². The molecule has 8 nitrogen and oxygen atoms in total. The van der Waals surface area contributed by atoms with Crippen LogP contribution >= 0.6 is 15.9 Å². The van der Waals surface area contributed by atoms with E-state index >= 15 is 0 Å². The van der Waals surface area contributed by atoms with Crippen molar-refractivity contribution in [3.8, 4) is 5.75 Å². The molecule has 172 valence electrons. The fourth-order valence-electron chi connectivity index (χ4n) is 3.26. The third-order valence-corrected chi connectivity index (χ3v) is 5.22. The summed E-state index contributed by atoms with van der Waals surface area (Å²) in [6.45, 7) is -0.265. The summed E-state index contributed by atoms with van der Waals surface area (Å²) >= 11 is 3.06. The number of aliphatic hydroxyl groups is 1. The third-order valence-electron chi connectivity index (χ3n) is 4.76. The lowest BCUT2D eigenvalue weighted by molar-refractivity contribution is 0.0970. The molecule has 1 heterocycles. The number of rotatable bonds is 8. The molecule has 2 aromatic rings. The lowest BCUT2D eigenvalue weighted by atomic mass is 9.93. The van der Waals surface area contributed by atoms with Crippen LogP contribution in [-0.2, 0) is 16.2 Å². The van der Waals surface area contributed by atoms with Gasteiger partial charge >= 0.3 is 6.09 Å². The van der Waals surface area contributed by atoms with E-state index in [1.807, 2.05) is 0 Å². The summed E-state index contributed by atoms with van der Waals surface area (Å²) in [4.78, 5) is 17.4. The first-order valence-electron chi connectivity index (χ1n) is 9.68. The SMILES string of the molecule is COc1ccc(COC(=O)N[C@@H]2/C(=N/OCCO)NC[C@H]2c2c(F)cc(Br)cc2F)cc1. The van der Waals surface area contributed by atoms with Gasteiger partial charge in [-0.25, -0.2) is 13.6 Å². The molecule has 1 aliphatic heterocycles. The molecular weight excluding hydrogens is 492 g/mol. The molecular formula is C21H22BrF2N3O5. The molecule has 32 heavy (non-hydrogen) atoms. The molecule has 3 rings (SSSR count). The Bertz CT molecular complexity index is 951. The molecule has 2 aromatic carbocycles. The number of carbonyl (C=O) groups is 1. The highest BCUT2D eigenvalue weighted by Gasteiger charge is 2.39. The largest absolute Gasteiger partial charge is 0.497 e. The van der Waals surface area contributed by atoms with Crippen molar-refractivity contribution in [3.05, 3.63) is 63.6 Å². The van der Waals surface area contributed by atoms with Crippen LogP contribution in [-0.4, -0.2) is 49.9 Å². The van der Waals surface area contributed by atoms with E-state index in [-0.39, 0.29) is 42.2 Å². The molecule has 3 N–H and O–H groups in total. The number of alkyl carbamates (subject to hydrolysis) is 1. The first-order valence-corrected chi connectivity index (χ1v) is 10.5. The molecule has 0 radical (unpaired) electrons. The smallest absolute Gasteiger partial charge is 0.408 e.